The predicted molar refractivity (Wildman–Crippen MR) is 144 cm³/mol. The maximum atomic E-state index is 11.9. The van der Waals surface area contributed by atoms with Gasteiger partial charge in [0, 0.05) is 10.7 Å². The molecule has 0 aliphatic heterocycles. The molecule has 6 nitrogen and oxygen atoms in total. The summed E-state index contributed by atoms with van der Waals surface area (Å²) in [5, 5.41) is 8.68. The lowest BCUT2D eigenvalue weighted by Crippen LogP contribution is -2.15. The van der Waals surface area contributed by atoms with E-state index in [1.165, 1.54) is 18.6 Å². The number of rotatable bonds is 10. The van der Waals surface area contributed by atoms with Crippen molar-refractivity contribution >= 4 is 29.9 Å². The molecule has 2 aromatic rings. The van der Waals surface area contributed by atoms with Gasteiger partial charge < -0.3 is 5.11 Å². The van der Waals surface area contributed by atoms with Gasteiger partial charge in [0.25, 0.3) is 19.2 Å². The van der Waals surface area contributed by atoms with Gasteiger partial charge in [-0.15, -0.1) is 0 Å². The largest absolute Gasteiger partial charge is 0.393 e. The van der Waals surface area contributed by atoms with E-state index in [1.54, 1.807) is 43.3 Å². The van der Waals surface area contributed by atoms with Gasteiger partial charge in [0.15, 0.2) is 0 Å². The fraction of sp³-hybridized carbons (Fsp3) is 0.538. The monoisotopic (exact) mass is 548 g/mol. The van der Waals surface area contributed by atoms with E-state index < -0.39 is 19.2 Å². The van der Waals surface area contributed by atoms with E-state index in [4.69, 9.17) is 20.0 Å². The highest BCUT2D eigenvalue weighted by atomic mass is 35.7. The molecule has 0 spiro atoms. The molecule has 0 radical (unpaired) electrons. The second kappa shape index (κ2) is 17.1. The minimum absolute atomic E-state index is 0.0973. The summed E-state index contributed by atoms with van der Waals surface area (Å²) in [4.78, 5) is 0.371. The third kappa shape index (κ3) is 16.0. The van der Waals surface area contributed by atoms with Crippen molar-refractivity contribution in [1.29, 1.82) is 0 Å². The van der Waals surface area contributed by atoms with E-state index >= 15 is 0 Å². The first-order chi connectivity index (χ1) is 16.2. The molecule has 0 aliphatic rings. The Bertz CT molecular complexity index is 1030. The van der Waals surface area contributed by atoms with Gasteiger partial charge in [0.1, 0.15) is 0 Å². The molecular weight excluding hydrogens is 508 g/mol. The molecule has 9 heteroatoms. The highest BCUT2D eigenvalue weighted by Crippen LogP contribution is 2.17. The minimum atomic E-state index is -3.61. The third-order valence-electron chi connectivity index (χ3n) is 4.84. The zero-order valence-corrected chi connectivity index (χ0v) is 24.1. The lowest BCUT2D eigenvalue weighted by atomic mass is 10.2. The second-order valence-corrected chi connectivity index (χ2v) is 12.7. The van der Waals surface area contributed by atoms with Crippen LogP contribution >= 0.6 is 10.7 Å². The van der Waals surface area contributed by atoms with Gasteiger partial charge in [-0.2, -0.15) is 8.42 Å². The van der Waals surface area contributed by atoms with Crippen LogP contribution in [-0.2, 0) is 23.4 Å². The van der Waals surface area contributed by atoms with Crippen molar-refractivity contribution in [3.63, 3.8) is 0 Å². The van der Waals surface area contributed by atoms with Crippen LogP contribution in [0.15, 0.2) is 58.3 Å². The molecule has 0 bridgehead atoms. The minimum Gasteiger partial charge on any atom is -0.393 e. The van der Waals surface area contributed by atoms with Crippen molar-refractivity contribution in [3.8, 4) is 0 Å². The normalized spacial score (nSPS) is 13.0. The lowest BCUT2D eigenvalue weighted by molar-refractivity contribution is 0.181. The molecule has 0 heterocycles. The molecule has 0 fully saturated rings. The molecule has 35 heavy (non-hydrogen) atoms. The summed E-state index contributed by atoms with van der Waals surface area (Å²) in [7, 11) is -2.07. The average molecular weight is 549 g/mol. The maximum absolute atomic E-state index is 11.9. The Balaban J connectivity index is 0.000000550. The second-order valence-electron chi connectivity index (χ2n) is 8.56. The van der Waals surface area contributed by atoms with Crippen molar-refractivity contribution in [2.24, 2.45) is 0 Å². The van der Waals surface area contributed by atoms with E-state index in [9.17, 15) is 16.8 Å². The number of unbranched alkanes of at least 4 members (excludes halogenated alkanes) is 2. The van der Waals surface area contributed by atoms with Crippen LogP contribution < -0.4 is 0 Å². The molecule has 0 aliphatic carbocycles. The quantitative estimate of drug-likeness (QED) is 0.260. The maximum Gasteiger partial charge on any atom is 0.297 e. The summed E-state index contributed by atoms with van der Waals surface area (Å²) in [6.07, 6.45) is 5.71. The van der Waals surface area contributed by atoms with Crippen LogP contribution in [0.4, 0.5) is 0 Å². The molecule has 0 saturated carbocycles. The van der Waals surface area contributed by atoms with Crippen LogP contribution in [0.25, 0.3) is 0 Å². The van der Waals surface area contributed by atoms with Crippen LogP contribution in [0, 0.1) is 13.8 Å². The summed E-state index contributed by atoms with van der Waals surface area (Å²) in [5.41, 5.74) is 2.04. The highest BCUT2D eigenvalue weighted by Gasteiger charge is 2.18. The Hall–Kier alpha value is -1.45. The number of aliphatic hydroxyl groups excluding tert-OH is 1. The molecule has 200 valence electrons. The molecule has 2 aromatic carbocycles. The van der Waals surface area contributed by atoms with Gasteiger partial charge >= 0.3 is 0 Å². The first-order valence-electron chi connectivity index (χ1n) is 11.9. The van der Waals surface area contributed by atoms with Crippen LogP contribution in [-0.4, -0.2) is 34.2 Å². The van der Waals surface area contributed by atoms with Gasteiger partial charge in [0.2, 0.25) is 0 Å². The summed E-state index contributed by atoms with van der Waals surface area (Å²) in [5.74, 6) is 0. The fourth-order valence-corrected chi connectivity index (χ4v) is 4.60. The standard InChI is InChI=1S/C13H20O3S.C7H7ClO2S.C6H14O/c1-4-5-6-12(3)16-17(14,15)13-9-7-11(2)8-10-13;1-6-2-4-7(5-3-6)11(8,9)10;1-3-4-5-6(2)7/h7-10,12H,4-6H2,1-3H3;2-5H,1H3;6-7H,3-5H2,1-2H3. The summed E-state index contributed by atoms with van der Waals surface area (Å²) in [6.45, 7) is 11.6. The van der Waals surface area contributed by atoms with Crippen LogP contribution in [0.1, 0.15) is 77.3 Å². The Morgan fingerprint density at radius 3 is 1.51 bits per heavy atom. The molecule has 0 saturated heterocycles. The predicted octanol–water partition coefficient (Wildman–Crippen LogP) is 6.76. The zero-order chi connectivity index (χ0) is 27.1. The van der Waals surface area contributed by atoms with Gasteiger partial charge in [-0.3, -0.25) is 4.18 Å². The van der Waals surface area contributed by atoms with Crippen molar-refractivity contribution in [2.75, 3.05) is 0 Å². The van der Waals surface area contributed by atoms with Gasteiger partial charge in [-0.1, -0.05) is 74.9 Å². The van der Waals surface area contributed by atoms with E-state index in [-0.39, 0.29) is 22.0 Å². The van der Waals surface area contributed by atoms with Crippen LogP contribution in [0.2, 0.25) is 0 Å². The molecule has 0 amide bonds. The highest BCUT2D eigenvalue weighted by molar-refractivity contribution is 8.13. The first kappa shape index (κ1) is 33.5. The van der Waals surface area contributed by atoms with Gasteiger partial charge in [-0.05, 0) is 64.8 Å². The smallest absolute Gasteiger partial charge is 0.297 e. The Morgan fingerprint density at radius 1 is 0.771 bits per heavy atom. The Morgan fingerprint density at radius 2 is 1.17 bits per heavy atom. The molecule has 2 unspecified atom stereocenters. The Kier molecular flexibility index (Phi) is 16.4. The summed E-state index contributed by atoms with van der Waals surface area (Å²) >= 11 is 0. The van der Waals surface area contributed by atoms with Crippen LogP contribution in [0.5, 0.6) is 0 Å². The van der Waals surface area contributed by atoms with Crippen molar-refractivity contribution in [1.82, 2.24) is 0 Å². The van der Waals surface area contributed by atoms with E-state index in [0.717, 1.165) is 43.2 Å². The first-order valence-corrected chi connectivity index (χ1v) is 15.6. The summed E-state index contributed by atoms with van der Waals surface area (Å²) < 4.78 is 50.3. The number of halogens is 1. The number of hydrogen-bond donors (Lipinski definition) is 1. The van der Waals surface area contributed by atoms with Crippen molar-refractivity contribution < 1.29 is 26.1 Å². The fourth-order valence-electron chi connectivity index (χ4n) is 2.72. The van der Waals surface area contributed by atoms with Gasteiger partial charge in [-0.25, -0.2) is 8.42 Å². The zero-order valence-electron chi connectivity index (χ0n) is 21.7. The number of aryl methyl sites for hydroxylation is 2. The summed E-state index contributed by atoms with van der Waals surface area (Å²) in [6, 6.07) is 13.1. The number of aliphatic hydroxyl groups is 1. The van der Waals surface area contributed by atoms with Crippen molar-refractivity contribution in [2.45, 2.75) is 102 Å². The number of benzene rings is 2. The topological polar surface area (TPSA) is 97.7 Å². The van der Waals surface area contributed by atoms with E-state index in [1.807, 2.05) is 20.8 Å². The molecule has 2 atom stereocenters. The Labute approximate surface area is 217 Å². The SMILES string of the molecule is CCCCC(C)O.CCCCC(C)OS(=O)(=O)c1ccc(C)cc1.Cc1ccc(S(=O)(=O)Cl)cc1. The lowest BCUT2D eigenvalue weighted by Gasteiger charge is -2.12. The molecule has 0 aromatic heterocycles. The average Bonchev–Trinajstić information content (AvgIpc) is 2.77. The molecular formula is C26H41ClO6S2. The van der Waals surface area contributed by atoms with E-state index in [2.05, 4.69) is 13.8 Å². The van der Waals surface area contributed by atoms with Gasteiger partial charge in [0.05, 0.1) is 22.0 Å². The van der Waals surface area contributed by atoms with E-state index in [0.29, 0.717) is 0 Å². The van der Waals surface area contributed by atoms with Crippen LogP contribution in [0.3, 0.4) is 0 Å². The molecule has 1 N–H and O–H groups in total. The third-order valence-corrected chi connectivity index (χ3v) is 7.64. The van der Waals surface area contributed by atoms with Crippen molar-refractivity contribution in [3.05, 3.63) is 59.7 Å². The number of hydrogen-bond acceptors (Lipinski definition) is 6. The molecule has 2 rings (SSSR count).